The van der Waals surface area contributed by atoms with Gasteiger partial charge in [0.1, 0.15) is 12.6 Å². The van der Waals surface area contributed by atoms with Gasteiger partial charge in [-0.05, 0) is 77.0 Å². The highest BCUT2D eigenvalue weighted by atomic mass is 31.2. The van der Waals surface area contributed by atoms with Crippen molar-refractivity contribution in [2.75, 3.05) is 19.8 Å². The molecule has 56 heavy (non-hydrogen) atoms. The molecule has 0 aromatic heterocycles. The maximum atomic E-state index is 12.6. The van der Waals surface area contributed by atoms with E-state index in [9.17, 15) is 23.8 Å². The minimum atomic E-state index is -4.74. The molecular weight excluding hydrogens is 733 g/mol. The quantitative estimate of drug-likeness (QED) is 0.0236. The number of nitrogens with two attached hydrogens (primary N) is 1. The van der Waals surface area contributed by atoms with Crippen molar-refractivity contribution in [3.63, 3.8) is 0 Å². The van der Waals surface area contributed by atoms with Crippen molar-refractivity contribution in [3.05, 3.63) is 85.1 Å². The van der Waals surface area contributed by atoms with Crippen LogP contribution in [0.15, 0.2) is 85.1 Å². The standard InChI is InChI=1S/C44H72NO10P/c1-3-5-7-9-11-13-15-17-18-19-20-21-22-24-26-28-30-32-34-36-43(47)55-40(38-53-56(50,51)54-39-41(45)44(48)49)37-52-42(46)35-33-31-29-27-25-23-16-14-12-10-8-6-4-2/h5,7,11,13-14,16-18,20-21,24,26,30,32,40-41H,3-4,6,8-10,12,15,19,22-23,25,27-29,31,33-39,45H2,1-2H3,(H,48,49)(H,50,51)/b7-5-,13-11-,16-14-,18-17-,21-20-,26-24-,32-30-. The van der Waals surface area contributed by atoms with E-state index >= 15 is 0 Å². The van der Waals surface area contributed by atoms with Gasteiger partial charge in [-0.1, -0.05) is 137 Å². The largest absolute Gasteiger partial charge is 0.480 e. The zero-order chi connectivity index (χ0) is 41.4. The number of phosphoric acid groups is 1. The molecule has 0 aliphatic rings. The topological polar surface area (TPSA) is 172 Å². The number of hydrogen-bond donors (Lipinski definition) is 3. The molecule has 318 valence electrons. The van der Waals surface area contributed by atoms with Gasteiger partial charge in [0, 0.05) is 12.8 Å². The monoisotopic (exact) mass is 805 g/mol. The summed E-state index contributed by atoms with van der Waals surface area (Å²) in [4.78, 5) is 45.8. The lowest BCUT2D eigenvalue weighted by Crippen LogP contribution is -2.34. The van der Waals surface area contributed by atoms with E-state index in [0.717, 1.165) is 70.6 Å². The van der Waals surface area contributed by atoms with E-state index in [2.05, 4.69) is 85.2 Å². The van der Waals surface area contributed by atoms with E-state index < -0.39 is 51.1 Å². The molecule has 0 heterocycles. The number of allylic oxidation sites excluding steroid dienone is 14. The molecule has 12 heteroatoms. The summed E-state index contributed by atoms with van der Waals surface area (Å²) in [5.41, 5.74) is 5.32. The van der Waals surface area contributed by atoms with Gasteiger partial charge in [0.05, 0.1) is 13.2 Å². The Balaban J connectivity index is 4.56. The highest BCUT2D eigenvalue weighted by Gasteiger charge is 2.28. The van der Waals surface area contributed by atoms with Crippen LogP contribution in [0.4, 0.5) is 0 Å². The van der Waals surface area contributed by atoms with Crippen LogP contribution in [0.2, 0.25) is 0 Å². The number of carbonyl (C=O) groups excluding carboxylic acids is 2. The lowest BCUT2D eigenvalue weighted by molar-refractivity contribution is -0.161. The molecule has 0 saturated heterocycles. The predicted octanol–water partition coefficient (Wildman–Crippen LogP) is 10.7. The van der Waals surface area contributed by atoms with Crippen LogP contribution in [-0.4, -0.2) is 59.9 Å². The van der Waals surface area contributed by atoms with E-state index in [1.165, 1.54) is 25.7 Å². The Morgan fingerprint density at radius 3 is 1.57 bits per heavy atom. The van der Waals surface area contributed by atoms with Gasteiger partial charge in [-0.3, -0.25) is 23.4 Å². The number of hydrogen-bond acceptors (Lipinski definition) is 9. The first kappa shape index (κ1) is 52.7. The highest BCUT2D eigenvalue weighted by molar-refractivity contribution is 7.47. The van der Waals surface area contributed by atoms with Crippen LogP contribution < -0.4 is 5.73 Å². The second-order valence-corrected chi connectivity index (χ2v) is 14.8. The first-order chi connectivity index (χ1) is 27.1. The lowest BCUT2D eigenvalue weighted by atomic mass is 10.1. The number of phosphoric ester groups is 1. The molecule has 0 spiro atoms. The number of unbranched alkanes of at least 4 members (excludes halogenated alkanes) is 9. The lowest BCUT2D eigenvalue weighted by Gasteiger charge is -2.20. The van der Waals surface area contributed by atoms with Crippen molar-refractivity contribution in [1.29, 1.82) is 0 Å². The maximum Gasteiger partial charge on any atom is 0.472 e. The van der Waals surface area contributed by atoms with Gasteiger partial charge in [0.25, 0.3) is 0 Å². The van der Waals surface area contributed by atoms with Crippen molar-refractivity contribution in [2.45, 2.75) is 154 Å². The van der Waals surface area contributed by atoms with Crippen molar-refractivity contribution >= 4 is 25.7 Å². The average Bonchev–Trinajstić information content (AvgIpc) is 3.17. The number of carboxylic acids is 1. The summed E-state index contributed by atoms with van der Waals surface area (Å²) < 4.78 is 32.5. The fourth-order valence-corrected chi connectivity index (χ4v) is 5.68. The fourth-order valence-electron chi connectivity index (χ4n) is 4.91. The Hall–Kier alpha value is -3.34. The number of carboxylic acid groups (broad SMARTS) is 1. The molecule has 0 bridgehead atoms. The maximum absolute atomic E-state index is 12.6. The summed E-state index contributed by atoms with van der Waals surface area (Å²) in [6.07, 6.45) is 46.7. The van der Waals surface area contributed by atoms with Crippen LogP contribution in [0.25, 0.3) is 0 Å². The van der Waals surface area contributed by atoms with Gasteiger partial charge in [0.2, 0.25) is 0 Å². The van der Waals surface area contributed by atoms with Crippen molar-refractivity contribution < 1.29 is 47.5 Å². The Kier molecular flexibility index (Phi) is 36.2. The van der Waals surface area contributed by atoms with Crippen LogP contribution in [-0.2, 0) is 37.5 Å². The van der Waals surface area contributed by atoms with Gasteiger partial charge < -0.3 is 25.2 Å². The summed E-state index contributed by atoms with van der Waals surface area (Å²) in [5.74, 6) is -2.51. The molecule has 0 rings (SSSR count). The molecule has 0 saturated carbocycles. The first-order valence-electron chi connectivity index (χ1n) is 20.6. The Labute approximate surface area is 337 Å². The molecule has 3 atom stereocenters. The summed E-state index contributed by atoms with van der Waals surface area (Å²) in [5, 5.41) is 8.87. The zero-order valence-electron chi connectivity index (χ0n) is 34.2. The van der Waals surface area contributed by atoms with Gasteiger partial charge in [-0.15, -0.1) is 0 Å². The fraction of sp³-hybridized carbons (Fsp3) is 0.614. The molecule has 3 unspecified atom stereocenters. The summed E-state index contributed by atoms with van der Waals surface area (Å²) in [7, 11) is -4.74. The van der Waals surface area contributed by atoms with E-state index in [-0.39, 0.29) is 19.4 Å². The van der Waals surface area contributed by atoms with Crippen LogP contribution in [0.5, 0.6) is 0 Å². The summed E-state index contributed by atoms with van der Waals surface area (Å²) in [6, 6.07) is -1.54. The van der Waals surface area contributed by atoms with E-state index in [1.807, 2.05) is 18.2 Å². The van der Waals surface area contributed by atoms with Gasteiger partial charge in [-0.2, -0.15) is 0 Å². The third-order valence-electron chi connectivity index (χ3n) is 8.14. The SMILES string of the molecule is CC/C=C\C/C=C\C/C=C\C/C=C\C/C=C\C/C=C\CCC(=O)OC(COC(=O)CCCCCCC/C=C\CCCCCC)COP(=O)(O)OCC(N)C(=O)O. The van der Waals surface area contributed by atoms with Crippen LogP contribution in [0, 0.1) is 0 Å². The average molecular weight is 806 g/mol. The third-order valence-corrected chi connectivity index (χ3v) is 9.09. The summed E-state index contributed by atoms with van der Waals surface area (Å²) >= 11 is 0. The molecular formula is C44H72NO10P. The molecule has 11 nitrogen and oxygen atoms in total. The second-order valence-electron chi connectivity index (χ2n) is 13.4. The van der Waals surface area contributed by atoms with Gasteiger partial charge in [-0.25, -0.2) is 4.57 Å². The number of ether oxygens (including phenoxy) is 2. The van der Waals surface area contributed by atoms with E-state index in [0.29, 0.717) is 19.3 Å². The first-order valence-corrected chi connectivity index (χ1v) is 22.1. The molecule has 0 aromatic carbocycles. The molecule has 4 N–H and O–H groups in total. The van der Waals surface area contributed by atoms with E-state index in [4.69, 9.17) is 24.8 Å². The van der Waals surface area contributed by atoms with E-state index in [1.54, 1.807) is 0 Å². The molecule has 0 amide bonds. The summed E-state index contributed by atoms with van der Waals surface area (Å²) in [6.45, 7) is 2.56. The normalized spacial score (nSPS) is 14.6. The molecule has 0 aliphatic heterocycles. The zero-order valence-corrected chi connectivity index (χ0v) is 35.1. The third kappa shape index (κ3) is 37.6. The molecule has 0 fully saturated rings. The molecule has 0 aliphatic carbocycles. The van der Waals surface area contributed by atoms with Gasteiger partial charge in [0.15, 0.2) is 6.10 Å². The van der Waals surface area contributed by atoms with Crippen LogP contribution in [0.1, 0.15) is 142 Å². The van der Waals surface area contributed by atoms with Crippen molar-refractivity contribution in [2.24, 2.45) is 5.73 Å². The molecule has 0 aromatic rings. The molecule has 0 radical (unpaired) electrons. The predicted molar refractivity (Wildman–Crippen MR) is 226 cm³/mol. The van der Waals surface area contributed by atoms with Gasteiger partial charge >= 0.3 is 25.7 Å². The van der Waals surface area contributed by atoms with Crippen molar-refractivity contribution in [3.8, 4) is 0 Å². The number of aliphatic carboxylic acids is 1. The van der Waals surface area contributed by atoms with Crippen LogP contribution in [0.3, 0.4) is 0 Å². The number of esters is 2. The Bertz CT molecular complexity index is 1270. The highest BCUT2D eigenvalue weighted by Crippen LogP contribution is 2.43. The van der Waals surface area contributed by atoms with Crippen LogP contribution >= 0.6 is 7.82 Å². The Morgan fingerprint density at radius 2 is 1.04 bits per heavy atom. The smallest absolute Gasteiger partial charge is 0.472 e. The minimum Gasteiger partial charge on any atom is -0.480 e. The Morgan fingerprint density at radius 1 is 0.571 bits per heavy atom. The van der Waals surface area contributed by atoms with Crippen molar-refractivity contribution in [1.82, 2.24) is 0 Å². The minimum absolute atomic E-state index is 0.0299. The second kappa shape index (κ2) is 38.5. The number of carbonyl (C=O) groups is 3. The number of rotatable bonds is 37.